The maximum absolute atomic E-state index is 11.7. The van der Waals surface area contributed by atoms with Gasteiger partial charge in [0, 0.05) is 16.1 Å². The van der Waals surface area contributed by atoms with Crippen LogP contribution in [0.3, 0.4) is 0 Å². The fourth-order valence-corrected chi connectivity index (χ4v) is 2.47. The van der Waals surface area contributed by atoms with Crippen molar-refractivity contribution in [3.63, 3.8) is 0 Å². The first kappa shape index (κ1) is 15.1. The van der Waals surface area contributed by atoms with E-state index in [9.17, 15) is 4.79 Å². The third-order valence-corrected chi connectivity index (χ3v) is 3.65. The predicted molar refractivity (Wildman–Crippen MR) is 89.5 cm³/mol. The van der Waals surface area contributed by atoms with Gasteiger partial charge in [-0.05, 0) is 36.4 Å². The van der Waals surface area contributed by atoms with Gasteiger partial charge in [-0.15, -0.1) is 0 Å². The predicted octanol–water partition coefficient (Wildman–Crippen LogP) is 3.50. The lowest BCUT2D eigenvalue weighted by Gasteiger charge is -2.02. The normalized spacial score (nSPS) is 10.5. The van der Waals surface area contributed by atoms with E-state index in [4.69, 9.17) is 22.1 Å². The Hall–Kier alpha value is -2.79. The van der Waals surface area contributed by atoms with Crippen LogP contribution in [0.4, 0.5) is 0 Å². The van der Waals surface area contributed by atoms with Gasteiger partial charge in [-0.3, -0.25) is 4.79 Å². The van der Waals surface area contributed by atoms with Crippen LogP contribution >= 0.6 is 11.6 Å². The number of hydrogen-bond acceptors (Lipinski definition) is 3. The number of nitrogens with one attached hydrogen (secondary N) is 1. The molecule has 0 atom stereocenters. The van der Waals surface area contributed by atoms with Crippen LogP contribution in [-0.4, -0.2) is 23.0 Å². The topological polar surface area (TPSA) is 81.0 Å². The van der Waals surface area contributed by atoms with Crippen LogP contribution in [0.2, 0.25) is 5.02 Å². The Morgan fingerprint density at radius 1 is 1.17 bits per heavy atom. The van der Waals surface area contributed by atoms with Gasteiger partial charge in [-0.2, -0.15) is 0 Å². The molecule has 116 valence electrons. The van der Waals surface area contributed by atoms with E-state index in [1.165, 1.54) is 0 Å². The molecule has 0 radical (unpaired) electrons. The number of methoxy groups -OCH3 is 1. The highest BCUT2D eigenvalue weighted by Gasteiger charge is 2.17. The zero-order valence-corrected chi connectivity index (χ0v) is 13.1. The summed E-state index contributed by atoms with van der Waals surface area (Å²) in [5.74, 6) is 0.684. The standard InChI is InChI=1S/C17H14ClN3O2/c1-23-13-7-5-10(6-8-13)14-15(16(19)22)21-17(20-14)11-3-2-4-12(18)9-11/h2-9H,1H3,(H2,19,22)(H,20,21). The van der Waals surface area contributed by atoms with Crippen LogP contribution in [0.1, 0.15) is 10.5 Å². The maximum atomic E-state index is 11.7. The Kier molecular flexibility index (Phi) is 4.04. The number of nitrogens with zero attached hydrogens (tertiary/aromatic N) is 1. The van der Waals surface area contributed by atoms with Gasteiger partial charge in [0.25, 0.3) is 5.91 Å². The molecule has 0 fully saturated rings. The van der Waals surface area contributed by atoms with Crippen LogP contribution in [0.15, 0.2) is 48.5 Å². The van der Waals surface area contributed by atoms with Crippen LogP contribution < -0.4 is 10.5 Å². The molecular formula is C17H14ClN3O2. The number of primary amides is 1. The molecule has 0 saturated carbocycles. The summed E-state index contributed by atoms with van der Waals surface area (Å²) < 4.78 is 5.14. The summed E-state index contributed by atoms with van der Waals surface area (Å²) in [6.07, 6.45) is 0. The number of ether oxygens (including phenoxy) is 1. The highest BCUT2D eigenvalue weighted by atomic mass is 35.5. The fraction of sp³-hybridized carbons (Fsp3) is 0.0588. The second kappa shape index (κ2) is 6.14. The molecule has 0 saturated heterocycles. The van der Waals surface area contributed by atoms with Gasteiger partial charge in [-0.1, -0.05) is 23.7 Å². The number of rotatable bonds is 4. The van der Waals surface area contributed by atoms with E-state index >= 15 is 0 Å². The molecule has 5 nitrogen and oxygen atoms in total. The number of amides is 1. The van der Waals surface area contributed by atoms with Crippen molar-refractivity contribution >= 4 is 17.5 Å². The van der Waals surface area contributed by atoms with E-state index in [1.807, 2.05) is 24.3 Å². The van der Waals surface area contributed by atoms with Gasteiger partial charge in [0.1, 0.15) is 23.0 Å². The second-order valence-corrected chi connectivity index (χ2v) is 5.35. The molecule has 0 aliphatic heterocycles. The number of imidazole rings is 1. The zero-order valence-electron chi connectivity index (χ0n) is 12.3. The molecule has 1 heterocycles. The van der Waals surface area contributed by atoms with Crippen LogP contribution in [-0.2, 0) is 0 Å². The highest BCUT2D eigenvalue weighted by molar-refractivity contribution is 6.30. The summed E-state index contributed by atoms with van der Waals surface area (Å²) in [7, 11) is 1.59. The maximum Gasteiger partial charge on any atom is 0.267 e. The van der Waals surface area contributed by atoms with Crippen molar-refractivity contribution in [3.05, 3.63) is 59.2 Å². The number of aromatic nitrogens is 2. The van der Waals surface area contributed by atoms with E-state index in [-0.39, 0.29) is 5.69 Å². The molecule has 0 aliphatic rings. The van der Waals surface area contributed by atoms with Crippen molar-refractivity contribution in [2.75, 3.05) is 7.11 Å². The zero-order chi connectivity index (χ0) is 16.4. The van der Waals surface area contributed by atoms with Gasteiger partial charge in [-0.25, -0.2) is 4.98 Å². The molecule has 23 heavy (non-hydrogen) atoms. The Balaban J connectivity index is 2.10. The van der Waals surface area contributed by atoms with Crippen LogP contribution in [0.25, 0.3) is 22.6 Å². The molecule has 0 unspecified atom stereocenters. The van der Waals surface area contributed by atoms with Crippen molar-refractivity contribution in [1.29, 1.82) is 0 Å². The average Bonchev–Trinajstić information content (AvgIpc) is 3.00. The smallest absolute Gasteiger partial charge is 0.267 e. The summed E-state index contributed by atoms with van der Waals surface area (Å²) in [6.45, 7) is 0. The minimum Gasteiger partial charge on any atom is -0.497 e. The number of benzene rings is 2. The molecule has 3 rings (SSSR count). The average molecular weight is 328 g/mol. The molecule has 3 aromatic rings. The number of H-pyrrole nitrogens is 1. The second-order valence-electron chi connectivity index (χ2n) is 4.91. The first-order chi connectivity index (χ1) is 11.1. The number of carbonyl (C=O) groups is 1. The molecule has 0 bridgehead atoms. The first-order valence-electron chi connectivity index (χ1n) is 6.88. The summed E-state index contributed by atoms with van der Waals surface area (Å²) in [6, 6.07) is 14.5. The Labute approximate surface area is 138 Å². The highest BCUT2D eigenvalue weighted by Crippen LogP contribution is 2.28. The molecule has 1 aromatic heterocycles. The number of aromatic amines is 1. The van der Waals surface area contributed by atoms with Crippen molar-refractivity contribution in [3.8, 4) is 28.4 Å². The van der Waals surface area contributed by atoms with Crippen LogP contribution in [0.5, 0.6) is 5.75 Å². The van der Waals surface area contributed by atoms with E-state index in [0.29, 0.717) is 16.5 Å². The van der Waals surface area contributed by atoms with E-state index in [2.05, 4.69) is 9.97 Å². The minimum atomic E-state index is -0.573. The van der Waals surface area contributed by atoms with Gasteiger partial charge in [0.2, 0.25) is 0 Å². The lowest BCUT2D eigenvalue weighted by Crippen LogP contribution is -2.12. The van der Waals surface area contributed by atoms with Gasteiger partial charge in [0.05, 0.1) is 7.11 Å². The lowest BCUT2D eigenvalue weighted by atomic mass is 10.1. The Morgan fingerprint density at radius 3 is 2.52 bits per heavy atom. The number of hydrogen-bond donors (Lipinski definition) is 2. The van der Waals surface area contributed by atoms with E-state index in [0.717, 1.165) is 16.9 Å². The van der Waals surface area contributed by atoms with Crippen molar-refractivity contribution in [1.82, 2.24) is 9.97 Å². The summed E-state index contributed by atoms with van der Waals surface area (Å²) in [5.41, 5.74) is 7.76. The van der Waals surface area contributed by atoms with Crippen LogP contribution in [0, 0.1) is 0 Å². The number of halogens is 1. The van der Waals surface area contributed by atoms with E-state index in [1.54, 1.807) is 31.4 Å². The number of nitrogens with two attached hydrogens (primary N) is 1. The molecule has 2 aromatic carbocycles. The van der Waals surface area contributed by atoms with Crippen molar-refractivity contribution in [2.24, 2.45) is 5.73 Å². The van der Waals surface area contributed by atoms with Crippen molar-refractivity contribution < 1.29 is 9.53 Å². The Bertz CT molecular complexity index is 857. The quantitative estimate of drug-likeness (QED) is 0.769. The molecule has 0 aliphatic carbocycles. The fourth-order valence-electron chi connectivity index (χ4n) is 2.28. The van der Waals surface area contributed by atoms with Crippen molar-refractivity contribution in [2.45, 2.75) is 0 Å². The largest absolute Gasteiger partial charge is 0.497 e. The SMILES string of the molecule is COc1ccc(-c2nc(-c3cccc(Cl)c3)[nH]c2C(N)=O)cc1. The third kappa shape index (κ3) is 3.05. The molecule has 3 N–H and O–H groups in total. The third-order valence-electron chi connectivity index (χ3n) is 3.41. The first-order valence-corrected chi connectivity index (χ1v) is 7.26. The monoisotopic (exact) mass is 327 g/mol. The van der Waals surface area contributed by atoms with Gasteiger partial charge in [0.15, 0.2) is 0 Å². The molecule has 6 heteroatoms. The summed E-state index contributed by atoms with van der Waals surface area (Å²) >= 11 is 6.01. The number of carbonyl (C=O) groups excluding carboxylic acids is 1. The molecule has 1 amide bonds. The summed E-state index contributed by atoms with van der Waals surface area (Å²) in [4.78, 5) is 19.2. The van der Waals surface area contributed by atoms with E-state index < -0.39 is 5.91 Å². The minimum absolute atomic E-state index is 0.255. The van der Waals surface area contributed by atoms with Gasteiger partial charge < -0.3 is 15.5 Å². The molecule has 0 spiro atoms. The summed E-state index contributed by atoms with van der Waals surface area (Å²) in [5, 5.41) is 0.588. The Morgan fingerprint density at radius 2 is 1.91 bits per heavy atom. The lowest BCUT2D eigenvalue weighted by molar-refractivity contribution is 0.0997. The van der Waals surface area contributed by atoms with Gasteiger partial charge >= 0.3 is 0 Å². The molecular weight excluding hydrogens is 314 g/mol.